The SMILES string of the molecule is N#Cc1cnc2cc(-c3cccs3)ccc2c1Nc1ccc(Cl)cc1F. The molecule has 126 valence electrons. The molecule has 0 unspecified atom stereocenters. The average molecular weight is 380 g/mol. The van der Waals surface area contributed by atoms with Crippen molar-refractivity contribution < 1.29 is 4.39 Å². The van der Waals surface area contributed by atoms with Crippen molar-refractivity contribution >= 4 is 45.2 Å². The fraction of sp³-hybridized carbons (Fsp3) is 0. The Morgan fingerprint density at radius 3 is 2.77 bits per heavy atom. The first-order valence-electron chi connectivity index (χ1n) is 7.74. The second-order valence-corrected chi connectivity index (χ2v) is 7.00. The normalized spacial score (nSPS) is 10.7. The van der Waals surface area contributed by atoms with E-state index in [4.69, 9.17) is 11.6 Å². The number of fused-ring (bicyclic) bond motifs is 1. The highest BCUT2D eigenvalue weighted by molar-refractivity contribution is 7.13. The van der Waals surface area contributed by atoms with Crippen LogP contribution < -0.4 is 5.32 Å². The Morgan fingerprint density at radius 2 is 2.04 bits per heavy atom. The largest absolute Gasteiger partial charge is 0.351 e. The monoisotopic (exact) mass is 379 g/mol. The highest BCUT2D eigenvalue weighted by Crippen LogP contribution is 2.33. The lowest BCUT2D eigenvalue weighted by Gasteiger charge is -2.13. The van der Waals surface area contributed by atoms with E-state index in [9.17, 15) is 9.65 Å². The van der Waals surface area contributed by atoms with Crippen molar-refractivity contribution in [2.24, 2.45) is 0 Å². The van der Waals surface area contributed by atoms with Gasteiger partial charge in [0.05, 0.1) is 22.5 Å². The van der Waals surface area contributed by atoms with Crippen LogP contribution in [0.5, 0.6) is 0 Å². The molecular weight excluding hydrogens is 369 g/mol. The number of nitrogens with zero attached hydrogens (tertiary/aromatic N) is 2. The number of pyridine rings is 1. The molecular formula is C20H11ClFN3S. The molecule has 0 radical (unpaired) electrons. The number of hydrogen-bond acceptors (Lipinski definition) is 4. The van der Waals surface area contributed by atoms with Gasteiger partial charge in [-0.1, -0.05) is 29.8 Å². The van der Waals surface area contributed by atoms with Crippen molar-refractivity contribution in [3.63, 3.8) is 0 Å². The van der Waals surface area contributed by atoms with Crippen LogP contribution >= 0.6 is 22.9 Å². The van der Waals surface area contributed by atoms with Crippen molar-refractivity contribution in [3.05, 3.63) is 76.5 Å². The highest BCUT2D eigenvalue weighted by atomic mass is 35.5. The van der Waals surface area contributed by atoms with Crippen LogP contribution in [0.4, 0.5) is 15.8 Å². The van der Waals surface area contributed by atoms with Gasteiger partial charge in [0, 0.05) is 21.5 Å². The second-order valence-electron chi connectivity index (χ2n) is 5.62. The number of halogens is 2. The molecule has 6 heteroatoms. The summed E-state index contributed by atoms with van der Waals surface area (Å²) in [6, 6.07) is 16.3. The molecule has 2 heterocycles. The minimum Gasteiger partial charge on any atom is -0.351 e. The average Bonchev–Trinajstić information content (AvgIpc) is 3.18. The second kappa shape index (κ2) is 6.75. The Labute approximate surface area is 158 Å². The van der Waals surface area contributed by atoms with Crippen molar-refractivity contribution in [2.75, 3.05) is 5.32 Å². The van der Waals surface area contributed by atoms with Crippen LogP contribution in [0.3, 0.4) is 0 Å². The van der Waals surface area contributed by atoms with Crippen LogP contribution in [0.2, 0.25) is 5.02 Å². The molecule has 0 aliphatic rings. The number of rotatable bonds is 3. The van der Waals surface area contributed by atoms with E-state index in [-0.39, 0.29) is 5.69 Å². The maximum absolute atomic E-state index is 14.2. The molecule has 0 atom stereocenters. The van der Waals surface area contributed by atoms with Crippen LogP contribution in [0.15, 0.2) is 60.1 Å². The first kappa shape index (κ1) is 16.5. The Bertz CT molecular complexity index is 1150. The van der Waals surface area contributed by atoms with Gasteiger partial charge >= 0.3 is 0 Å². The quantitative estimate of drug-likeness (QED) is 0.449. The Morgan fingerprint density at radius 1 is 1.15 bits per heavy atom. The van der Waals surface area contributed by atoms with Gasteiger partial charge in [-0.3, -0.25) is 4.98 Å². The summed E-state index contributed by atoms with van der Waals surface area (Å²) in [5.41, 5.74) is 2.90. The lowest BCUT2D eigenvalue weighted by Crippen LogP contribution is -1.99. The molecule has 1 N–H and O–H groups in total. The molecule has 0 spiro atoms. The van der Waals surface area contributed by atoms with E-state index in [0.29, 0.717) is 16.3 Å². The zero-order chi connectivity index (χ0) is 18.1. The summed E-state index contributed by atoms with van der Waals surface area (Å²) < 4.78 is 14.2. The number of anilines is 2. The van der Waals surface area contributed by atoms with Gasteiger partial charge in [-0.25, -0.2) is 4.39 Å². The lowest BCUT2D eigenvalue weighted by atomic mass is 10.1. The van der Waals surface area contributed by atoms with Gasteiger partial charge in [-0.05, 0) is 41.3 Å². The van der Waals surface area contributed by atoms with Crippen LogP contribution in [0.1, 0.15) is 5.56 Å². The molecule has 3 nitrogen and oxygen atoms in total. The summed E-state index contributed by atoms with van der Waals surface area (Å²) in [5, 5.41) is 15.5. The smallest absolute Gasteiger partial charge is 0.148 e. The van der Waals surface area contributed by atoms with Crippen molar-refractivity contribution in [2.45, 2.75) is 0 Å². The molecule has 0 aliphatic carbocycles. The first-order valence-corrected chi connectivity index (χ1v) is 9.00. The van der Waals surface area contributed by atoms with Gasteiger partial charge in [0.25, 0.3) is 0 Å². The van der Waals surface area contributed by atoms with E-state index in [1.54, 1.807) is 23.5 Å². The molecule has 0 saturated carbocycles. The molecule has 2 aromatic carbocycles. The summed E-state index contributed by atoms with van der Waals surface area (Å²) in [7, 11) is 0. The number of thiophene rings is 1. The van der Waals surface area contributed by atoms with Gasteiger partial charge in [0.2, 0.25) is 0 Å². The molecule has 0 amide bonds. The summed E-state index contributed by atoms with van der Waals surface area (Å²) in [5.74, 6) is -0.485. The summed E-state index contributed by atoms with van der Waals surface area (Å²) in [4.78, 5) is 5.52. The highest BCUT2D eigenvalue weighted by Gasteiger charge is 2.13. The van der Waals surface area contributed by atoms with Gasteiger partial charge in [-0.2, -0.15) is 5.26 Å². The third kappa shape index (κ3) is 3.01. The number of nitriles is 1. The van der Waals surface area contributed by atoms with Crippen molar-refractivity contribution in [1.82, 2.24) is 4.98 Å². The van der Waals surface area contributed by atoms with Crippen LogP contribution in [0.25, 0.3) is 21.3 Å². The predicted octanol–water partition coefficient (Wildman–Crippen LogP) is 6.37. The summed E-state index contributed by atoms with van der Waals surface area (Å²) in [6.45, 7) is 0. The fourth-order valence-corrected chi connectivity index (χ4v) is 3.62. The third-order valence-corrected chi connectivity index (χ3v) is 5.14. The van der Waals surface area contributed by atoms with E-state index in [0.717, 1.165) is 21.3 Å². The minimum absolute atomic E-state index is 0.251. The Kier molecular flexibility index (Phi) is 4.29. The Hall–Kier alpha value is -2.94. The van der Waals surface area contributed by atoms with E-state index >= 15 is 0 Å². The van der Waals surface area contributed by atoms with Crippen LogP contribution in [-0.4, -0.2) is 4.98 Å². The maximum atomic E-state index is 14.2. The zero-order valence-corrected chi connectivity index (χ0v) is 14.9. The molecule has 0 aliphatic heterocycles. The van der Waals surface area contributed by atoms with E-state index < -0.39 is 5.82 Å². The van der Waals surface area contributed by atoms with Gasteiger partial charge in [0.1, 0.15) is 11.9 Å². The summed E-state index contributed by atoms with van der Waals surface area (Å²) in [6.07, 6.45) is 1.50. The van der Waals surface area contributed by atoms with E-state index in [1.165, 1.54) is 12.3 Å². The number of nitrogens with one attached hydrogen (secondary N) is 1. The summed E-state index contributed by atoms with van der Waals surface area (Å²) >= 11 is 7.46. The number of aromatic nitrogens is 1. The van der Waals surface area contributed by atoms with Gasteiger partial charge in [0.15, 0.2) is 0 Å². The Balaban J connectivity index is 1.85. The zero-order valence-electron chi connectivity index (χ0n) is 13.3. The van der Waals surface area contributed by atoms with Gasteiger partial charge in [-0.15, -0.1) is 11.3 Å². The molecule has 0 fully saturated rings. The van der Waals surface area contributed by atoms with Crippen LogP contribution in [-0.2, 0) is 0 Å². The molecule has 0 bridgehead atoms. The molecule has 2 aromatic heterocycles. The van der Waals surface area contributed by atoms with Gasteiger partial charge < -0.3 is 5.32 Å². The van der Waals surface area contributed by atoms with E-state index in [1.807, 2.05) is 35.7 Å². The topological polar surface area (TPSA) is 48.7 Å². The molecule has 0 saturated heterocycles. The molecule has 4 aromatic rings. The molecule has 4 rings (SSSR count). The lowest BCUT2D eigenvalue weighted by molar-refractivity contribution is 0.632. The van der Waals surface area contributed by atoms with Crippen LogP contribution in [0, 0.1) is 17.1 Å². The van der Waals surface area contributed by atoms with Crippen molar-refractivity contribution in [1.29, 1.82) is 5.26 Å². The third-order valence-electron chi connectivity index (χ3n) is 3.99. The minimum atomic E-state index is -0.485. The standard InChI is InChI=1S/C20H11ClFN3S/c21-14-4-6-17(16(22)9-14)25-20-13(10-23)11-24-18-8-12(3-5-15(18)20)19-2-1-7-26-19/h1-9,11H,(H,24,25). The number of hydrogen-bond donors (Lipinski definition) is 1. The number of benzene rings is 2. The fourth-order valence-electron chi connectivity index (χ4n) is 2.73. The first-order chi connectivity index (χ1) is 12.7. The molecule has 26 heavy (non-hydrogen) atoms. The maximum Gasteiger partial charge on any atom is 0.148 e. The predicted molar refractivity (Wildman–Crippen MR) is 104 cm³/mol. The van der Waals surface area contributed by atoms with E-state index in [2.05, 4.69) is 16.4 Å². The van der Waals surface area contributed by atoms with Crippen molar-refractivity contribution in [3.8, 4) is 16.5 Å².